The Morgan fingerprint density at radius 1 is 1.37 bits per heavy atom. The molecule has 1 aromatic rings. The van der Waals surface area contributed by atoms with E-state index in [-0.39, 0.29) is 12.2 Å². The van der Waals surface area contributed by atoms with Crippen molar-refractivity contribution >= 4 is 6.08 Å². The van der Waals surface area contributed by atoms with Gasteiger partial charge in [-0.15, -0.1) is 0 Å². The van der Waals surface area contributed by atoms with E-state index in [1.54, 1.807) is 0 Å². The molecule has 5 heteroatoms. The maximum Gasteiger partial charge on any atom is 0.235 e. The molecule has 3 nitrogen and oxygen atoms in total. The molecular formula is C14H15F2NO2. The smallest absolute Gasteiger partial charge is 0.235 e. The molecule has 0 amide bonds. The summed E-state index contributed by atoms with van der Waals surface area (Å²) in [7, 11) is 1.48. The second-order valence-corrected chi connectivity index (χ2v) is 4.81. The summed E-state index contributed by atoms with van der Waals surface area (Å²) in [6.45, 7) is 0.186. The lowest BCUT2D eigenvalue weighted by molar-refractivity contribution is 0.184. The van der Waals surface area contributed by atoms with Gasteiger partial charge in [-0.3, -0.25) is 0 Å². The van der Waals surface area contributed by atoms with Crippen LogP contribution in [0.25, 0.3) is 0 Å². The highest BCUT2D eigenvalue weighted by Crippen LogP contribution is 2.43. The average Bonchev–Trinajstić information content (AvgIpc) is 2.84. The van der Waals surface area contributed by atoms with E-state index >= 15 is 0 Å². The Hall–Kier alpha value is -1.58. The molecule has 19 heavy (non-hydrogen) atoms. The summed E-state index contributed by atoms with van der Waals surface area (Å²) in [6.07, 6.45) is 4.24. The molecule has 1 aliphatic rings. The molecular weight excluding hydrogens is 252 g/mol. The summed E-state index contributed by atoms with van der Waals surface area (Å²) in [6, 6.07) is 2.64. The Labute approximate surface area is 110 Å². The molecule has 102 valence electrons. The van der Waals surface area contributed by atoms with Gasteiger partial charge in [0.1, 0.15) is 5.54 Å². The van der Waals surface area contributed by atoms with Crippen molar-refractivity contribution in [1.29, 1.82) is 0 Å². The molecule has 0 radical (unpaired) electrons. The minimum atomic E-state index is -0.962. The van der Waals surface area contributed by atoms with Crippen molar-refractivity contribution in [1.82, 2.24) is 0 Å². The van der Waals surface area contributed by atoms with Crippen molar-refractivity contribution in [3.05, 3.63) is 34.9 Å². The summed E-state index contributed by atoms with van der Waals surface area (Å²) in [5, 5.41) is 0. The third-order valence-corrected chi connectivity index (χ3v) is 3.59. The van der Waals surface area contributed by atoms with Crippen molar-refractivity contribution in [2.24, 2.45) is 4.99 Å². The van der Waals surface area contributed by atoms with Crippen LogP contribution in [0.4, 0.5) is 8.78 Å². The van der Waals surface area contributed by atoms with E-state index in [9.17, 15) is 13.6 Å². The predicted octanol–water partition coefficient (Wildman–Crippen LogP) is 3.22. The van der Waals surface area contributed by atoms with Gasteiger partial charge in [0, 0.05) is 12.7 Å². The summed E-state index contributed by atoms with van der Waals surface area (Å²) in [5.41, 5.74) is -0.291. The normalized spacial score (nSPS) is 17.2. The monoisotopic (exact) mass is 267 g/mol. The van der Waals surface area contributed by atoms with E-state index in [2.05, 4.69) is 4.99 Å². The number of benzene rings is 1. The van der Waals surface area contributed by atoms with Crippen LogP contribution in [-0.4, -0.2) is 13.2 Å². The largest absolute Gasteiger partial charge is 0.380 e. The second-order valence-electron chi connectivity index (χ2n) is 4.81. The summed E-state index contributed by atoms with van der Waals surface area (Å²) >= 11 is 0. The maximum atomic E-state index is 14.0. The highest BCUT2D eigenvalue weighted by molar-refractivity contribution is 5.40. The SMILES string of the molecule is COCc1cc(F)c(F)c(C2(N=C=O)CCCC2)c1. The van der Waals surface area contributed by atoms with Gasteiger partial charge in [0.25, 0.3) is 0 Å². The third kappa shape index (κ3) is 2.57. The fraction of sp³-hybridized carbons (Fsp3) is 0.500. The van der Waals surface area contributed by atoms with Gasteiger partial charge in [0.15, 0.2) is 11.6 Å². The Morgan fingerprint density at radius 3 is 2.63 bits per heavy atom. The zero-order chi connectivity index (χ0) is 13.9. The Morgan fingerprint density at radius 2 is 2.05 bits per heavy atom. The lowest BCUT2D eigenvalue weighted by Crippen LogP contribution is -2.22. The number of hydrogen-bond acceptors (Lipinski definition) is 3. The van der Waals surface area contributed by atoms with Gasteiger partial charge < -0.3 is 4.74 Å². The van der Waals surface area contributed by atoms with Gasteiger partial charge in [0.2, 0.25) is 6.08 Å². The van der Waals surface area contributed by atoms with Gasteiger partial charge >= 0.3 is 0 Å². The fourth-order valence-electron chi connectivity index (χ4n) is 2.72. The lowest BCUT2D eigenvalue weighted by atomic mass is 9.87. The zero-order valence-corrected chi connectivity index (χ0v) is 10.7. The van der Waals surface area contributed by atoms with Crippen LogP contribution in [0.1, 0.15) is 36.8 Å². The average molecular weight is 267 g/mol. The number of hydrogen-bond donors (Lipinski definition) is 0. The number of isocyanates is 1. The molecule has 1 aromatic carbocycles. The molecule has 0 spiro atoms. The lowest BCUT2D eigenvalue weighted by Gasteiger charge is -2.24. The molecule has 0 N–H and O–H groups in total. The van der Waals surface area contributed by atoms with Crippen molar-refractivity contribution in [3.8, 4) is 0 Å². The van der Waals surface area contributed by atoms with Gasteiger partial charge in [0.05, 0.1) is 6.61 Å². The van der Waals surface area contributed by atoms with E-state index in [4.69, 9.17) is 4.74 Å². The number of nitrogens with zero attached hydrogens (tertiary/aromatic N) is 1. The van der Waals surface area contributed by atoms with Crippen LogP contribution in [0.3, 0.4) is 0 Å². The van der Waals surface area contributed by atoms with Crippen LogP contribution in [0.15, 0.2) is 17.1 Å². The second kappa shape index (κ2) is 5.59. The van der Waals surface area contributed by atoms with Crippen molar-refractivity contribution in [2.75, 3.05) is 7.11 Å². The van der Waals surface area contributed by atoms with Crippen LogP contribution < -0.4 is 0 Å². The molecule has 0 heterocycles. The van der Waals surface area contributed by atoms with Crippen LogP contribution in [0.5, 0.6) is 0 Å². The van der Waals surface area contributed by atoms with Crippen molar-refractivity contribution < 1.29 is 18.3 Å². The first-order valence-electron chi connectivity index (χ1n) is 6.19. The number of ether oxygens (including phenoxy) is 1. The highest BCUT2D eigenvalue weighted by atomic mass is 19.2. The van der Waals surface area contributed by atoms with Crippen molar-refractivity contribution in [3.63, 3.8) is 0 Å². The molecule has 0 aromatic heterocycles. The molecule has 1 aliphatic carbocycles. The number of carbonyl (C=O) groups excluding carboxylic acids is 1. The molecule has 1 fully saturated rings. The first-order chi connectivity index (χ1) is 9.13. The number of aliphatic imine (C=N–C) groups is 1. The molecule has 0 atom stereocenters. The third-order valence-electron chi connectivity index (χ3n) is 3.59. The molecule has 2 rings (SSSR count). The summed E-state index contributed by atoms with van der Waals surface area (Å²) < 4.78 is 32.6. The van der Waals surface area contributed by atoms with Crippen LogP contribution in [0, 0.1) is 11.6 Å². The maximum absolute atomic E-state index is 14.0. The zero-order valence-electron chi connectivity index (χ0n) is 10.7. The van der Waals surface area contributed by atoms with Gasteiger partial charge in [-0.05, 0) is 30.5 Å². The first-order valence-corrected chi connectivity index (χ1v) is 6.19. The fourth-order valence-corrected chi connectivity index (χ4v) is 2.72. The van der Waals surface area contributed by atoms with Crippen LogP contribution in [-0.2, 0) is 21.7 Å². The predicted molar refractivity (Wildman–Crippen MR) is 65.3 cm³/mol. The topological polar surface area (TPSA) is 38.7 Å². The Kier molecular flexibility index (Phi) is 4.08. The number of rotatable bonds is 4. The Balaban J connectivity index is 2.55. The minimum Gasteiger partial charge on any atom is -0.380 e. The highest BCUT2D eigenvalue weighted by Gasteiger charge is 2.39. The van der Waals surface area contributed by atoms with Gasteiger partial charge in [-0.1, -0.05) is 12.8 Å². The summed E-state index contributed by atoms with van der Waals surface area (Å²) in [5.74, 6) is -1.86. The van der Waals surface area contributed by atoms with Gasteiger partial charge in [-0.2, -0.15) is 4.99 Å². The minimum absolute atomic E-state index is 0.139. The number of methoxy groups -OCH3 is 1. The first kappa shape index (κ1) is 13.8. The standard InChI is InChI=1S/C14H15F2NO2/c1-19-8-10-6-11(13(16)12(15)7-10)14(17-9-18)4-2-3-5-14/h6-7H,2-5,8H2,1H3. The van der Waals surface area contributed by atoms with E-state index in [1.807, 2.05) is 0 Å². The van der Waals surface area contributed by atoms with E-state index < -0.39 is 17.2 Å². The molecule has 0 bridgehead atoms. The quantitative estimate of drug-likeness (QED) is 0.620. The molecule has 0 saturated heterocycles. The summed E-state index contributed by atoms with van der Waals surface area (Å²) in [4.78, 5) is 14.4. The van der Waals surface area contributed by atoms with E-state index in [1.165, 1.54) is 19.3 Å². The van der Waals surface area contributed by atoms with Crippen LogP contribution >= 0.6 is 0 Å². The number of halogens is 2. The molecule has 0 aliphatic heterocycles. The molecule has 0 unspecified atom stereocenters. The van der Waals surface area contributed by atoms with E-state index in [0.717, 1.165) is 18.9 Å². The van der Waals surface area contributed by atoms with Crippen molar-refractivity contribution in [2.45, 2.75) is 37.8 Å². The Bertz CT molecular complexity index is 518. The van der Waals surface area contributed by atoms with Gasteiger partial charge in [-0.25, -0.2) is 13.6 Å². The molecule has 1 saturated carbocycles. The van der Waals surface area contributed by atoms with Crippen LogP contribution in [0.2, 0.25) is 0 Å². The van der Waals surface area contributed by atoms with E-state index in [0.29, 0.717) is 18.4 Å².